The zero-order valence-corrected chi connectivity index (χ0v) is 11.7. The number of hydrogen-bond acceptors (Lipinski definition) is 5. The molecule has 0 aromatic heterocycles. The summed E-state index contributed by atoms with van der Waals surface area (Å²) >= 11 is 0. The summed E-state index contributed by atoms with van der Waals surface area (Å²) in [5.74, 6) is 0.766. The highest BCUT2D eigenvalue weighted by atomic mass is 16.5. The molecule has 1 unspecified atom stereocenters. The summed E-state index contributed by atoms with van der Waals surface area (Å²) in [7, 11) is 1.58. The van der Waals surface area contributed by atoms with Crippen molar-refractivity contribution >= 4 is 11.4 Å². The number of benzene rings is 1. The molecule has 0 bridgehead atoms. The van der Waals surface area contributed by atoms with E-state index in [1.807, 2.05) is 12.1 Å². The fourth-order valence-electron chi connectivity index (χ4n) is 1.69. The van der Waals surface area contributed by atoms with Crippen molar-refractivity contribution in [1.82, 2.24) is 0 Å². The largest absolute Gasteiger partial charge is 0.493 e. The predicted octanol–water partition coefficient (Wildman–Crippen LogP) is 1.87. The second-order valence-electron chi connectivity index (χ2n) is 4.46. The van der Waals surface area contributed by atoms with Gasteiger partial charge < -0.3 is 25.6 Å². The molecule has 0 amide bonds. The number of ether oxygens (including phenoxy) is 2. The summed E-state index contributed by atoms with van der Waals surface area (Å²) < 4.78 is 10.4. The van der Waals surface area contributed by atoms with Crippen LogP contribution in [-0.2, 0) is 4.74 Å². The predicted molar refractivity (Wildman–Crippen MR) is 77.6 cm³/mol. The molecule has 0 fully saturated rings. The zero-order valence-electron chi connectivity index (χ0n) is 11.7. The van der Waals surface area contributed by atoms with E-state index in [0.717, 1.165) is 17.9 Å². The first-order valence-electron chi connectivity index (χ1n) is 6.60. The summed E-state index contributed by atoms with van der Waals surface area (Å²) in [5, 5.41) is 12.8. The van der Waals surface area contributed by atoms with Crippen molar-refractivity contribution in [2.75, 3.05) is 37.9 Å². The van der Waals surface area contributed by atoms with Gasteiger partial charge in [0.05, 0.1) is 19.3 Å². The maximum absolute atomic E-state index is 9.54. The van der Waals surface area contributed by atoms with E-state index >= 15 is 0 Å². The van der Waals surface area contributed by atoms with E-state index in [4.69, 9.17) is 15.2 Å². The highest BCUT2D eigenvalue weighted by Gasteiger charge is 2.04. The average Bonchev–Trinajstić information content (AvgIpc) is 2.36. The topological polar surface area (TPSA) is 76.7 Å². The van der Waals surface area contributed by atoms with Crippen LogP contribution in [0.3, 0.4) is 0 Å². The third kappa shape index (κ3) is 6.31. The molecular weight excluding hydrogens is 244 g/mol. The minimum atomic E-state index is -0.450. The van der Waals surface area contributed by atoms with Gasteiger partial charge in [-0.3, -0.25) is 0 Å². The monoisotopic (exact) mass is 268 g/mol. The van der Waals surface area contributed by atoms with Gasteiger partial charge in [-0.2, -0.15) is 0 Å². The summed E-state index contributed by atoms with van der Waals surface area (Å²) in [6.45, 7) is 3.74. The molecule has 0 aliphatic rings. The molecule has 1 rings (SSSR count). The van der Waals surface area contributed by atoms with Crippen LogP contribution in [-0.4, -0.2) is 38.1 Å². The van der Waals surface area contributed by atoms with E-state index in [2.05, 4.69) is 12.2 Å². The molecule has 0 heterocycles. The highest BCUT2D eigenvalue weighted by Crippen LogP contribution is 2.22. The lowest BCUT2D eigenvalue weighted by Crippen LogP contribution is -2.18. The first kappa shape index (κ1) is 15.6. The second-order valence-corrected chi connectivity index (χ2v) is 4.46. The van der Waals surface area contributed by atoms with Crippen LogP contribution in [0.2, 0.25) is 0 Å². The van der Waals surface area contributed by atoms with Gasteiger partial charge in [0.25, 0.3) is 0 Å². The SMILES string of the molecule is CCCOc1cc(N)cc(NCCC(O)COC)c1. The Morgan fingerprint density at radius 2 is 2.16 bits per heavy atom. The molecule has 0 aliphatic carbocycles. The Labute approximate surface area is 114 Å². The van der Waals surface area contributed by atoms with Crippen LogP contribution in [0.5, 0.6) is 5.75 Å². The van der Waals surface area contributed by atoms with Gasteiger partial charge in [0.1, 0.15) is 5.75 Å². The van der Waals surface area contributed by atoms with Gasteiger partial charge in [0.2, 0.25) is 0 Å². The molecule has 19 heavy (non-hydrogen) atoms. The van der Waals surface area contributed by atoms with Gasteiger partial charge in [0, 0.05) is 37.2 Å². The van der Waals surface area contributed by atoms with Crippen molar-refractivity contribution in [1.29, 1.82) is 0 Å². The van der Waals surface area contributed by atoms with E-state index in [1.54, 1.807) is 13.2 Å². The van der Waals surface area contributed by atoms with Crippen molar-refractivity contribution < 1.29 is 14.6 Å². The number of nitrogen functional groups attached to an aromatic ring is 1. The third-order valence-electron chi connectivity index (χ3n) is 2.57. The van der Waals surface area contributed by atoms with Crippen LogP contribution >= 0.6 is 0 Å². The van der Waals surface area contributed by atoms with Crippen LogP contribution in [0.25, 0.3) is 0 Å². The minimum absolute atomic E-state index is 0.351. The number of nitrogens with two attached hydrogens (primary N) is 1. The zero-order chi connectivity index (χ0) is 14.1. The Morgan fingerprint density at radius 1 is 1.37 bits per heavy atom. The number of hydrogen-bond donors (Lipinski definition) is 3. The van der Waals surface area contributed by atoms with Crippen LogP contribution in [0.4, 0.5) is 11.4 Å². The molecule has 5 heteroatoms. The molecule has 0 radical (unpaired) electrons. The Hall–Kier alpha value is -1.46. The molecule has 1 atom stereocenters. The standard InChI is InChI=1S/C14H24N2O3/c1-3-6-19-14-8-11(15)7-12(9-14)16-5-4-13(17)10-18-2/h7-9,13,16-17H,3-6,10,15H2,1-2H3. The number of aliphatic hydroxyl groups is 1. The lowest BCUT2D eigenvalue weighted by atomic mass is 10.2. The van der Waals surface area contributed by atoms with E-state index < -0.39 is 6.10 Å². The molecule has 0 saturated heterocycles. The Kier molecular flexibility index (Phi) is 7.07. The van der Waals surface area contributed by atoms with Crippen molar-refractivity contribution in [2.45, 2.75) is 25.9 Å². The lowest BCUT2D eigenvalue weighted by molar-refractivity contribution is 0.0615. The number of anilines is 2. The average molecular weight is 268 g/mol. The molecule has 108 valence electrons. The lowest BCUT2D eigenvalue weighted by Gasteiger charge is -2.13. The quantitative estimate of drug-likeness (QED) is 0.596. The van der Waals surface area contributed by atoms with Crippen molar-refractivity contribution in [2.24, 2.45) is 0 Å². The minimum Gasteiger partial charge on any atom is -0.493 e. The van der Waals surface area contributed by atoms with E-state index in [0.29, 0.717) is 31.9 Å². The van der Waals surface area contributed by atoms with Gasteiger partial charge in [-0.1, -0.05) is 6.92 Å². The van der Waals surface area contributed by atoms with E-state index in [1.165, 1.54) is 0 Å². The van der Waals surface area contributed by atoms with Gasteiger partial charge >= 0.3 is 0 Å². The molecule has 4 N–H and O–H groups in total. The van der Waals surface area contributed by atoms with Gasteiger partial charge in [-0.25, -0.2) is 0 Å². The van der Waals surface area contributed by atoms with Crippen LogP contribution in [0, 0.1) is 0 Å². The molecular formula is C14H24N2O3. The Morgan fingerprint density at radius 3 is 2.84 bits per heavy atom. The summed E-state index contributed by atoms with van der Waals surface area (Å²) in [6.07, 6.45) is 1.13. The Balaban J connectivity index is 2.46. The van der Waals surface area contributed by atoms with Crippen molar-refractivity contribution in [3.63, 3.8) is 0 Å². The second kappa shape index (κ2) is 8.61. The smallest absolute Gasteiger partial charge is 0.123 e. The highest BCUT2D eigenvalue weighted by molar-refractivity contribution is 5.59. The van der Waals surface area contributed by atoms with E-state index in [-0.39, 0.29) is 0 Å². The van der Waals surface area contributed by atoms with Crippen LogP contribution < -0.4 is 15.8 Å². The summed E-state index contributed by atoms with van der Waals surface area (Å²) in [5.41, 5.74) is 7.38. The van der Waals surface area contributed by atoms with Crippen LogP contribution in [0.1, 0.15) is 19.8 Å². The van der Waals surface area contributed by atoms with E-state index in [9.17, 15) is 5.11 Å². The summed E-state index contributed by atoms with van der Waals surface area (Å²) in [4.78, 5) is 0. The maximum atomic E-state index is 9.54. The summed E-state index contributed by atoms with van der Waals surface area (Å²) in [6, 6.07) is 5.57. The van der Waals surface area contributed by atoms with Gasteiger partial charge in [-0.15, -0.1) is 0 Å². The molecule has 0 aliphatic heterocycles. The fraction of sp³-hybridized carbons (Fsp3) is 0.571. The number of rotatable bonds is 9. The third-order valence-corrected chi connectivity index (χ3v) is 2.57. The van der Waals surface area contributed by atoms with Crippen molar-refractivity contribution in [3.05, 3.63) is 18.2 Å². The van der Waals surface area contributed by atoms with Gasteiger partial charge in [0.15, 0.2) is 0 Å². The molecule has 0 spiro atoms. The molecule has 1 aromatic carbocycles. The first-order valence-corrected chi connectivity index (χ1v) is 6.60. The molecule has 1 aromatic rings. The maximum Gasteiger partial charge on any atom is 0.123 e. The number of aliphatic hydroxyl groups excluding tert-OH is 1. The fourth-order valence-corrected chi connectivity index (χ4v) is 1.69. The first-order chi connectivity index (χ1) is 9.15. The molecule has 0 saturated carbocycles. The normalized spacial score (nSPS) is 12.2. The van der Waals surface area contributed by atoms with Crippen molar-refractivity contribution in [3.8, 4) is 5.75 Å². The number of nitrogens with one attached hydrogen (secondary N) is 1. The Bertz CT molecular complexity index is 372. The number of methoxy groups -OCH3 is 1. The van der Waals surface area contributed by atoms with Gasteiger partial charge in [-0.05, 0) is 18.9 Å². The molecule has 5 nitrogen and oxygen atoms in total. The van der Waals surface area contributed by atoms with Crippen LogP contribution in [0.15, 0.2) is 18.2 Å².